The summed E-state index contributed by atoms with van der Waals surface area (Å²) in [7, 11) is 0. The van der Waals surface area contributed by atoms with Gasteiger partial charge >= 0.3 is 6.09 Å². The summed E-state index contributed by atoms with van der Waals surface area (Å²) in [4.78, 5) is 11.6. The Morgan fingerprint density at radius 3 is 2.76 bits per heavy atom. The maximum atomic E-state index is 11.6. The number of hydrogen-bond donors (Lipinski definition) is 0. The number of rotatable bonds is 4. The zero-order chi connectivity index (χ0) is 12.9. The van der Waals surface area contributed by atoms with Crippen molar-refractivity contribution in [2.24, 2.45) is 0 Å². The first kappa shape index (κ1) is 13.5. The van der Waals surface area contributed by atoms with Crippen molar-refractivity contribution in [1.82, 2.24) is 9.78 Å². The maximum Gasteiger partial charge on any atom is 0.435 e. The van der Waals surface area contributed by atoms with Crippen molar-refractivity contribution in [2.45, 2.75) is 46.1 Å². The SMILES string of the molecule is CCCCOc1ccn(C(=O)OC(C)(C)C)n1. The highest BCUT2D eigenvalue weighted by molar-refractivity contribution is 5.69. The number of unbranched alkanes of at least 4 members (excludes halogenated alkanes) is 1. The number of carbonyl (C=O) groups excluding carboxylic acids is 1. The number of hydrogen-bond acceptors (Lipinski definition) is 4. The van der Waals surface area contributed by atoms with Crippen LogP contribution >= 0.6 is 0 Å². The summed E-state index contributed by atoms with van der Waals surface area (Å²) < 4.78 is 11.7. The topological polar surface area (TPSA) is 53.4 Å². The molecule has 0 spiro atoms. The van der Waals surface area contributed by atoms with Crippen LogP contribution in [0.15, 0.2) is 12.3 Å². The average molecular weight is 240 g/mol. The van der Waals surface area contributed by atoms with Gasteiger partial charge in [-0.3, -0.25) is 0 Å². The van der Waals surface area contributed by atoms with Gasteiger partial charge in [-0.25, -0.2) is 4.79 Å². The standard InChI is InChI=1S/C12H20N2O3/c1-5-6-9-16-10-7-8-14(13-10)11(15)17-12(2,3)4/h7-8H,5-6,9H2,1-4H3. The summed E-state index contributed by atoms with van der Waals surface area (Å²) in [5.74, 6) is 0.448. The zero-order valence-electron chi connectivity index (χ0n) is 10.9. The second-order valence-corrected chi connectivity index (χ2v) is 4.78. The van der Waals surface area contributed by atoms with Gasteiger partial charge < -0.3 is 9.47 Å². The molecule has 0 aliphatic heterocycles. The summed E-state index contributed by atoms with van der Waals surface area (Å²) in [6.45, 7) is 8.14. The van der Waals surface area contributed by atoms with Crippen LogP contribution in [-0.4, -0.2) is 28.1 Å². The highest BCUT2D eigenvalue weighted by Crippen LogP contribution is 2.11. The van der Waals surface area contributed by atoms with Crippen molar-refractivity contribution in [3.05, 3.63) is 12.3 Å². The lowest BCUT2D eigenvalue weighted by Crippen LogP contribution is -2.27. The van der Waals surface area contributed by atoms with Crippen LogP contribution in [0, 0.1) is 0 Å². The molecule has 1 aromatic heterocycles. The molecule has 0 saturated heterocycles. The van der Waals surface area contributed by atoms with Crippen molar-refractivity contribution in [3.8, 4) is 5.88 Å². The second kappa shape index (κ2) is 5.70. The van der Waals surface area contributed by atoms with Crippen molar-refractivity contribution >= 4 is 6.09 Å². The van der Waals surface area contributed by atoms with Gasteiger partial charge in [-0.1, -0.05) is 13.3 Å². The molecule has 0 N–H and O–H groups in total. The van der Waals surface area contributed by atoms with Crippen LogP contribution in [0.2, 0.25) is 0 Å². The molecule has 0 amide bonds. The summed E-state index contributed by atoms with van der Waals surface area (Å²) in [6.07, 6.45) is 3.07. The van der Waals surface area contributed by atoms with Crippen LogP contribution in [0.4, 0.5) is 4.79 Å². The Kier molecular flexibility index (Phi) is 4.54. The van der Waals surface area contributed by atoms with Gasteiger partial charge in [0.05, 0.1) is 6.61 Å². The van der Waals surface area contributed by atoms with E-state index in [0.29, 0.717) is 12.5 Å². The lowest BCUT2D eigenvalue weighted by Gasteiger charge is -2.18. The second-order valence-electron chi connectivity index (χ2n) is 4.78. The monoisotopic (exact) mass is 240 g/mol. The van der Waals surface area contributed by atoms with E-state index in [1.165, 1.54) is 6.20 Å². The molecule has 0 atom stereocenters. The van der Waals surface area contributed by atoms with E-state index in [-0.39, 0.29) is 0 Å². The van der Waals surface area contributed by atoms with Gasteiger partial charge in [-0.15, -0.1) is 5.10 Å². The van der Waals surface area contributed by atoms with Crippen LogP contribution in [0.1, 0.15) is 40.5 Å². The number of carbonyl (C=O) groups is 1. The molecular formula is C12H20N2O3. The van der Waals surface area contributed by atoms with Crippen molar-refractivity contribution in [2.75, 3.05) is 6.61 Å². The number of nitrogens with zero attached hydrogens (tertiary/aromatic N) is 2. The van der Waals surface area contributed by atoms with E-state index in [0.717, 1.165) is 17.5 Å². The molecule has 1 rings (SSSR count). The van der Waals surface area contributed by atoms with E-state index in [2.05, 4.69) is 12.0 Å². The third-order valence-corrected chi connectivity index (χ3v) is 1.89. The molecule has 1 heterocycles. The molecule has 1 aromatic rings. The minimum absolute atomic E-state index is 0.448. The number of ether oxygens (including phenoxy) is 2. The van der Waals surface area contributed by atoms with Crippen LogP contribution in [0.5, 0.6) is 5.88 Å². The van der Waals surface area contributed by atoms with Gasteiger partial charge in [0.15, 0.2) is 0 Å². The fourth-order valence-electron chi connectivity index (χ4n) is 1.12. The van der Waals surface area contributed by atoms with Crippen molar-refractivity contribution < 1.29 is 14.3 Å². The van der Waals surface area contributed by atoms with E-state index in [4.69, 9.17) is 9.47 Å². The summed E-state index contributed by atoms with van der Waals surface area (Å²) >= 11 is 0. The molecule has 0 saturated carbocycles. The first-order valence-corrected chi connectivity index (χ1v) is 5.84. The van der Waals surface area contributed by atoms with Gasteiger partial charge in [0.1, 0.15) is 5.60 Å². The van der Waals surface area contributed by atoms with Crippen LogP contribution in [0.25, 0.3) is 0 Å². The molecule has 0 bridgehead atoms. The molecule has 0 radical (unpaired) electrons. The van der Waals surface area contributed by atoms with E-state index >= 15 is 0 Å². The van der Waals surface area contributed by atoms with Crippen molar-refractivity contribution in [1.29, 1.82) is 0 Å². The molecule has 0 unspecified atom stereocenters. The highest BCUT2D eigenvalue weighted by Gasteiger charge is 2.18. The van der Waals surface area contributed by atoms with Crippen LogP contribution < -0.4 is 4.74 Å². The Morgan fingerprint density at radius 2 is 2.18 bits per heavy atom. The molecular weight excluding hydrogens is 220 g/mol. The summed E-state index contributed by atoms with van der Waals surface area (Å²) in [6, 6.07) is 1.65. The molecule has 5 heteroatoms. The highest BCUT2D eigenvalue weighted by atomic mass is 16.6. The fourth-order valence-corrected chi connectivity index (χ4v) is 1.12. The van der Waals surface area contributed by atoms with E-state index in [1.807, 2.05) is 20.8 Å². The van der Waals surface area contributed by atoms with Gasteiger partial charge in [0.2, 0.25) is 5.88 Å². The Hall–Kier alpha value is -1.52. The van der Waals surface area contributed by atoms with Gasteiger partial charge in [0.25, 0.3) is 0 Å². The zero-order valence-corrected chi connectivity index (χ0v) is 10.9. The Balaban J connectivity index is 2.52. The van der Waals surface area contributed by atoms with Gasteiger partial charge in [-0.05, 0) is 27.2 Å². The average Bonchev–Trinajstić information content (AvgIpc) is 2.64. The van der Waals surface area contributed by atoms with Gasteiger partial charge in [0, 0.05) is 12.3 Å². The normalized spacial score (nSPS) is 11.3. The molecule has 17 heavy (non-hydrogen) atoms. The Morgan fingerprint density at radius 1 is 1.47 bits per heavy atom. The van der Waals surface area contributed by atoms with Crippen molar-refractivity contribution in [3.63, 3.8) is 0 Å². The third-order valence-electron chi connectivity index (χ3n) is 1.89. The minimum atomic E-state index is -0.522. The maximum absolute atomic E-state index is 11.6. The smallest absolute Gasteiger partial charge is 0.435 e. The predicted molar refractivity (Wildman–Crippen MR) is 64.3 cm³/mol. The largest absolute Gasteiger partial charge is 0.477 e. The lowest BCUT2D eigenvalue weighted by atomic mass is 10.2. The summed E-state index contributed by atoms with van der Waals surface area (Å²) in [5, 5.41) is 3.99. The molecule has 0 aliphatic rings. The fraction of sp³-hybridized carbons (Fsp3) is 0.667. The van der Waals surface area contributed by atoms with E-state index in [1.54, 1.807) is 6.07 Å². The third kappa shape index (κ3) is 4.89. The molecule has 0 fully saturated rings. The lowest BCUT2D eigenvalue weighted by molar-refractivity contribution is 0.0511. The minimum Gasteiger partial charge on any atom is -0.477 e. The summed E-state index contributed by atoms with van der Waals surface area (Å²) in [5.41, 5.74) is -0.522. The number of aromatic nitrogens is 2. The Bertz CT molecular complexity index is 366. The predicted octanol–water partition coefficient (Wildman–Crippen LogP) is 2.85. The quantitative estimate of drug-likeness (QED) is 0.759. The Labute approximate surface area is 102 Å². The van der Waals surface area contributed by atoms with Crippen LogP contribution in [-0.2, 0) is 4.74 Å². The molecule has 96 valence electrons. The molecule has 0 aliphatic carbocycles. The van der Waals surface area contributed by atoms with E-state index in [9.17, 15) is 4.79 Å². The van der Waals surface area contributed by atoms with Gasteiger partial charge in [-0.2, -0.15) is 4.68 Å². The molecule has 0 aromatic carbocycles. The first-order chi connectivity index (χ1) is 7.92. The van der Waals surface area contributed by atoms with E-state index < -0.39 is 11.7 Å². The van der Waals surface area contributed by atoms with Crippen LogP contribution in [0.3, 0.4) is 0 Å². The first-order valence-electron chi connectivity index (χ1n) is 5.84. The molecule has 5 nitrogen and oxygen atoms in total.